The standard InChI is InChI=1S/H2O6S2/c1-5-8(4)6-7(2)3/h1H,(H,2,3). The fourth-order valence-corrected chi connectivity index (χ4v) is 0.540. The number of hydrogen-bond donors (Lipinski definition) is 2. The zero-order valence-electron chi connectivity index (χ0n) is 3.34. The average Bonchev–Trinajstić information content (AvgIpc) is 1.65. The van der Waals surface area contributed by atoms with Crippen molar-refractivity contribution in [2.75, 3.05) is 0 Å². The highest BCUT2D eigenvalue weighted by molar-refractivity contribution is 7.88. The van der Waals surface area contributed by atoms with Gasteiger partial charge in [-0.05, 0) is 0 Å². The SMILES string of the molecule is O=S(O)OS(=O)OO. The maximum absolute atomic E-state index is 9.69. The van der Waals surface area contributed by atoms with Gasteiger partial charge in [0.05, 0.1) is 0 Å². The molecule has 0 saturated carbocycles. The van der Waals surface area contributed by atoms with Crippen LogP contribution in [0, 0.1) is 0 Å². The lowest BCUT2D eigenvalue weighted by Crippen LogP contribution is -2.00. The number of hydrogen-bond acceptors (Lipinski definition) is 5. The molecule has 0 aliphatic heterocycles. The van der Waals surface area contributed by atoms with Gasteiger partial charge in [0, 0.05) is 0 Å². The van der Waals surface area contributed by atoms with Gasteiger partial charge in [0.15, 0.2) is 0 Å². The van der Waals surface area contributed by atoms with Crippen molar-refractivity contribution in [3.05, 3.63) is 0 Å². The molecular weight excluding hydrogens is 160 g/mol. The van der Waals surface area contributed by atoms with E-state index in [1.807, 2.05) is 0 Å². The van der Waals surface area contributed by atoms with Crippen LogP contribution in [0.3, 0.4) is 0 Å². The lowest BCUT2D eigenvalue weighted by molar-refractivity contribution is -0.130. The first-order chi connectivity index (χ1) is 3.66. The smallest absolute Gasteiger partial charge is 0.283 e. The van der Waals surface area contributed by atoms with Crippen LogP contribution in [0.4, 0.5) is 0 Å². The maximum Gasteiger partial charge on any atom is 0.349 e. The third-order valence-electron chi connectivity index (χ3n) is 0.175. The lowest BCUT2D eigenvalue weighted by Gasteiger charge is -1.87. The summed E-state index contributed by atoms with van der Waals surface area (Å²) in [6.07, 6.45) is 0. The van der Waals surface area contributed by atoms with Gasteiger partial charge in [0.1, 0.15) is 0 Å². The van der Waals surface area contributed by atoms with Crippen molar-refractivity contribution in [3.63, 3.8) is 0 Å². The molecule has 0 saturated heterocycles. The molecule has 8 heteroatoms. The molecule has 50 valence electrons. The van der Waals surface area contributed by atoms with Crippen LogP contribution in [-0.2, 0) is 30.7 Å². The van der Waals surface area contributed by atoms with Gasteiger partial charge >= 0.3 is 22.7 Å². The van der Waals surface area contributed by atoms with E-state index in [1.165, 1.54) is 0 Å². The van der Waals surface area contributed by atoms with Crippen LogP contribution < -0.4 is 0 Å². The Labute approximate surface area is 49.7 Å². The van der Waals surface area contributed by atoms with Crippen molar-refractivity contribution in [1.82, 2.24) is 0 Å². The second-order valence-electron chi connectivity index (χ2n) is 0.564. The predicted octanol–water partition coefficient (Wildman–Crippen LogP) is -0.792. The fourth-order valence-electron chi connectivity index (χ4n) is 0.0599. The number of rotatable bonds is 3. The monoisotopic (exact) mass is 162 g/mol. The molecule has 0 aromatic heterocycles. The fraction of sp³-hybridized carbons (Fsp3) is 0. The molecule has 0 heterocycles. The first-order valence-electron chi connectivity index (χ1n) is 1.20. The van der Waals surface area contributed by atoms with Crippen LogP contribution in [0.5, 0.6) is 0 Å². The summed E-state index contributed by atoms with van der Waals surface area (Å²) in [4.78, 5) is 0. The van der Waals surface area contributed by atoms with E-state index >= 15 is 0 Å². The molecule has 6 nitrogen and oxygen atoms in total. The Hall–Kier alpha value is 0.140. The van der Waals surface area contributed by atoms with E-state index in [1.54, 1.807) is 0 Å². The Kier molecular flexibility index (Phi) is 4.13. The van der Waals surface area contributed by atoms with Gasteiger partial charge < -0.3 is 0 Å². The lowest BCUT2D eigenvalue weighted by atomic mass is 15.0. The van der Waals surface area contributed by atoms with Crippen molar-refractivity contribution >= 4 is 22.7 Å². The molecule has 0 aromatic rings. The molecule has 8 heavy (non-hydrogen) atoms. The quantitative estimate of drug-likeness (QED) is 0.321. The highest BCUT2D eigenvalue weighted by Gasteiger charge is 2.02. The Morgan fingerprint density at radius 2 is 1.88 bits per heavy atom. The molecule has 0 spiro atoms. The molecule has 0 amide bonds. The predicted molar refractivity (Wildman–Crippen MR) is 23.7 cm³/mol. The van der Waals surface area contributed by atoms with Gasteiger partial charge in [-0.3, -0.25) is 4.55 Å². The Morgan fingerprint density at radius 1 is 1.38 bits per heavy atom. The van der Waals surface area contributed by atoms with E-state index in [4.69, 9.17) is 9.81 Å². The van der Waals surface area contributed by atoms with Gasteiger partial charge in [-0.15, -0.1) is 7.96 Å². The summed E-state index contributed by atoms with van der Waals surface area (Å²) in [5, 5.41) is 7.41. The van der Waals surface area contributed by atoms with E-state index in [-0.39, 0.29) is 0 Å². The van der Waals surface area contributed by atoms with E-state index in [9.17, 15) is 8.42 Å². The van der Waals surface area contributed by atoms with Crippen LogP contribution in [0.2, 0.25) is 0 Å². The molecule has 2 atom stereocenters. The van der Waals surface area contributed by atoms with Crippen molar-refractivity contribution < 1.29 is 26.2 Å². The summed E-state index contributed by atoms with van der Waals surface area (Å²) >= 11 is -5.23. The second-order valence-corrected chi connectivity index (χ2v) is 2.10. The van der Waals surface area contributed by atoms with Crippen molar-refractivity contribution in [3.8, 4) is 0 Å². The summed E-state index contributed by atoms with van der Waals surface area (Å²) in [7, 11) is 0. The van der Waals surface area contributed by atoms with Crippen molar-refractivity contribution in [1.29, 1.82) is 0 Å². The molecule has 2 unspecified atom stereocenters. The van der Waals surface area contributed by atoms with Crippen molar-refractivity contribution in [2.45, 2.75) is 0 Å². The van der Waals surface area contributed by atoms with Crippen LogP contribution in [-0.4, -0.2) is 18.2 Å². The summed E-state index contributed by atoms with van der Waals surface area (Å²) in [6, 6.07) is 0. The molecular formula is H2O6S2. The summed E-state index contributed by atoms with van der Waals surface area (Å²) in [5.74, 6) is 0. The average molecular weight is 162 g/mol. The van der Waals surface area contributed by atoms with E-state index in [2.05, 4.69) is 7.96 Å². The third kappa shape index (κ3) is 4.30. The molecule has 0 fully saturated rings. The largest absolute Gasteiger partial charge is 0.349 e. The van der Waals surface area contributed by atoms with E-state index < -0.39 is 22.7 Å². The molecule has 0 rings (SSSR count). The first kappa shape index (κ1) is 8.14. The molecule has 0 radical (unpaired) electrons. The third-order valence-corrected chi connectivity index (χ3v) is 1.21. The summed E-state index contributed by atoms with van der Waals surface area (Å²) < 4.78 is 33.3. The Bertz CT molecular complexity index is 105. The van der Waals surface area contributed by atoms with Gasteiger partial charge in [-0.1, -0.05) is 0 Å². The van der Waals surface area contributed by atoms with E-state index in [0.29, 0.717) is 0 Å². The van der Waals surface area contributed by atoms with Gasteiger partial charge in [-0.2, -0.15) is 8.42 Å². The summed E-state index contributed by atoms with van der Waals surface area (Å²) in [6.45, 7) is 0. The molecule has 0 bridgehead atoms. The highest BCUT2D eigenvalue weighted by Crippen LogP contribution is 1.86. The van der Waals surface area contributed by atoms with Crippen molar-refractivity contribution in [2.24, 2.45) is 0 Å². The van der Waals surface area contributed by atoms with Gasteiger partial charge in [0.25, 0.3) is 0 Å². The minimum atomic E-state index is -2.68. The van der Waals surface area contributed by atoms with Gasteiger partial charge in [0.2, 0.25) is 0 Å². The second kappa shape index (κ2) is 4.06. The zero-order chi connectivity index (χ0) is 6.57. The van der Waals surface area contributed by atoms with Gasteiger partial charge in [-0.25, -0.2) is 5.26 Å². The molecule has 2 N–H and O–H groups in total. The van der Waals surface area contributed by atoms with E-state index in [0.717, 1.165) is 0 Å². The normalized spacial score (nSPS) is 17.8. The van der Waals surface area contributed by atoms with Crippen LogP contribution >= 0.6 is 0 Å². The minimum Gasteiger partial charge on any atom is -0.283 e. The maximum atomic E-state index is 9.69. The first-order valence-corrected chi connectivity index (χ1v) is 3.23. The Balaban J connectivity index is 3.40. The molecule has 0 aliphatic rings. The van der Waals surface area contributed by atoms with Crippen LogP contribution in [0.1, 0.15) is 0 Å². The Morgan fingerprint density at radius 3 is 2.00 bits per heavy atom. The van der Waals surface area contributed by atoms with Crippen LogP contribution in [0.15, 0.2) is 0 Å². The highest BCUT2D eigenvalue weighted by atomic mass is 32.3. The molecule has 0 aromatic carbocycles. The topological polar surface area (TPSA) is 93.1 Å². The zero-order valence-corrected chi connectivity index (χ0v) is 4.98. The summed E-state index contributed by atoms with van der Waals surface area (Å²) in [5.41, 5.74) is 0. The minimum absolute atomic E-state index is 2.55. The van der Waals surface area contributed by atoms with Crippen LogP contribution in [0.25, 0.3) is 0 Å². The molecule has 0 aliphatic carbocycles.